The molecule has 166 valence electrons. The number of aromatic nitrogens is 2. The van der Waals surface area contributed by atoms with E-state index in [2.05, 4.69) is 20.8 Å². The molecule has 2 N–H and O–H groups in total. The van der Waals surface area contributed by atoms with Crippen LogP contribution >= 0.6 is 0 Å². The van der Waals surface area contributed by atoms with E-state index in [0.29, 0.717) is 39.8 Å². The van der Waals surface area contributed by atoms with Gasteiger partial charge in [-0.05, 0) is 60.7 Å². The van der Waals surface area contributed by atoms with Gasteiger partial charge >= 0.3 is 0 Å². The molecule has 33 heavy (non-hydrogen) atoms. The summed E-state index contributed by atoms with van der Waals surface area (Å²) in [7, 11) is 3.09. The van der Waals surface area contributed by atoms with Crippen LogP contribution in [0.15, 0.2) is 78.9 Å². The molecule has 1 aromatic heterocycles. The number of nitrogens with one attached hydrogen (secondary N) is 2. The maximum Gasteiger partial charge on any atom is 0.255 e. The predicted octanol–water partition coefficient (Wildman–Crippen LogP) is 5.30. The van der Waals surface area contributed by atoms with Crippen molar-refractivity contribution in [3.05, 3.63) is 90.2 Å². The summed E-state index contributed by atoms with van der Waals surface area (Å²) in [5.41, 5.74) is 3.04. The van der Waals surface area contributed by atoms with Crippen molar-refractivity contribution in [2.45, 2.75) is 0 Å². The van der Waals surface area contributed by atoms with Crippen molar-refractivity contribution in [2.24, 2.45) is 0 Å². The second-order valence-corrected chi connectivity index (χ2v) is 7.04. The minimum absolute atomic E-state index is 0.256. The Hall–Kier alpha value is -4.46. The summed E-state index contributed by atoms with van der Waals surface area (Å²) < 4.78 is 23.9. The summed E-state index contributed by atoms with van der Waals surface area (Å²) in [5.74, 6) is 1.05. The van der Waals surface area contributed by atoms with E-state index in [1.165, 1.54) is 19.2 Å². The van der Waals surface area contributed by atoms with E-state index in [1.54, 1.807) is 73.8 Å². The molecule has 0 saturated carbocycles. The molecule has 0 aliphatic rings. The topological polar surface area (TPSA) is 85.4 Å². The van der Waals surface area contributed by atoms with E-state index in [9.17, 15) is 9.18 Å². The monoisotopic (exact) mass is 444 g/mol. The van der Waals surface area contributed by atoms with Gasteiger partial charge in [0.05, 0.1) is 19.9 Å². The van der Waals surface area contributed by atoms with Crippen LogP contribution in [0.3, 0.4) is 0 Å². The molecule has 7 nitrogen and oxygen atoms in total. The molecule has 0 unspecified atom stereocenters. The number of rotatable bonds is 7. The van der Waals surface area contributed by atoms with Crippen LogP contribution in [0.5, 0.6) is 11.5 Å². The second kappa shape index (κ2) is 9.78. The number of nitrogens with zero attached hydrogens (tertiary/aromatic N) is 2. The highest BCUT2D eigenvalue weighted by Crippen LogP contribution is 2.30. The molecule has 1 amide bonds. The highest BCUT2D eigenvalue weighted by atomic mass is 19.1. The molecule has 0 bridgehead atoms. The van der Waals surface area contributed by atoms with E-state index in [0.717, 1.165) is 5.69 Å². The molecule has 0 aliphatic heterocycles. The van der Waals surface area contributed by atoms with Gasteiger partial charge in [0.2, 0.25) is 0 Å². The van der Waals surface area contributed by atoms with Crippen molar-refractivity contribution < 1.29 is 18.7 Å². The molecule has 1 heterocycles. The summed E-state index contributed by atoms with van der Waals surface area (Å²) in [6.07, 6.45) is 0. The zero-order valence-corrected chi connectivity index (χ0v) is 18.0. The highest BCUT2D eigenvalue weighted by Gasteiger charge is 2.10. The average molecular weight is 444 g/mol. The lowest BCUT2D eigenvalue weighted by Crippen LogP contribution is -2.12. The lowest BCUT2D eigenvalue weighted by molar-refractivity contribution is 0.102. The zero-order chi connectivity index (χ0) is 23.2. The molecule has 0 atom stereocenters. The van der Waals surface area contributed by atoms with Crippen molar-refractivity contribution in [2.75, 3.05) is 24.9 Å². The summed E-state index contributed by atoms with van der Waals surface area (Å²) in [6.45, 7) is 0. The molecule has 0 fully saturated rings. The van der Waals surface area contributed by atoms with Gasteiger partial charge in [-0.1, -0.05) is 12.1 Å². The van der Waals surface area contributed by atoms with Crippen LogP contribution in [-0.4, -0.2) is 30.3 Å². The fraction of sp³-hybridized carbons (Fsp3) is 0.0800. The Kier molecular flexibility index (Phi) is 6.45. The third kappa shape index (κ3) is 5.24. The van der Waals surface area contributed by atoms with E-state index in [1.807, 2.05) is 0 Å². The van der Waals surface area contributed by atoms with E-state index in [-0.39, 0.29) is 11.7 Å². The van der Waals surface area contributed by atoms with E-state index < -0.39 is 0 Å². The molecule has 3 aromatic carbocycles. The largest absolute Gasteiger partial charge is 0.493 e. The SMILES string of the molecule is COc1ccc(NC(=O)c2ccc(Nc3ccc(-c4cccc(F)c4)nn3)cc2)cc1OC. The van der Waals surface area contributed by atoms with E-state index >= 15 is 0 Å². The average Bonchev–Trinajstić information content (AvgIpc) is 2.85. The number of ether oxygens (including phenoxy) is 2. The number of benzene rings is 3. The van der Waals surface area contributed by atoms with Crippen molar-refractivity contribution >= 4 is 23.1 Å². The normalized spacial score (nSPS) is 10.4. The van der Waals surface area contributed by atoms with Crippen molar-refractivity contribution in [3.8, 4) is 22.8 Å². The van der Waals surface area contributed by atoms with Gasteiger partial charge in [-0.25, -0.2) is 4.39 Å². The Morgan fingerprint density at radius 3 is 2.24 bits per heavy atom. The predicted molar refractivity (Wildman–Crippen MR) is 125 cm³/mol. The van der Waals surface area contributed by atoms with Gasteiger partial charge in [0, 0.05) is 28.6 Å². The smallest absolute Gasteiger partial charge is 0.255 e. The Bertz CT molecular complexity index is 1260. The number of hydrogen-bond acceptors (Lipinski definition) is 6. The van der Waals surface area contributed by atoms with Gasteiger partial charge in [0.15, 0.2) is 17.3 Å². The van der Waals surface area contributed by atoms with Crippen LogP contribution in [0.25, 0.3) is 11.3 Å². The van der Waals surface area contributed by atoms with Gasteiger partial charge in [0.1, 0.15) is 5.82 Å². The number of methoxy groups -OCH3 is 2. The van der Waals surface area contributed by atoms with Crippen LogP contribution in [0.4, 0.5) is 21.6 Å². The Labute approximate surface area is 190 Å². The number of hydrogen-bond donors (Lipinski definition) is 2. The van der Waals surface area contributed by atoms with Crippen molar-refractivity contribution in [1.82, 2.24) is 10.2 Å². The van der Waals surface area contributed by atoms with Gasteiger partial charge in [-0.3, -0.25) is 4.79 Å². The zero-order valence-electron chi connectivity index (χ0n) is 18.0. The van der Waals surface area contributed by atoms with Gasteiger partial charge in [-0.2, -0.15) is 0 Å². The van der Waals surface area contributed by atoms with E-state index in [4.69, 9.17) is 9.47 Å². The molecule has 0 aliphatic carbocycles. The molecular formula is C25H21FN4O3. The summed E-state index contributed by atoms with van der Waals surface area (Å²) >= 11 is 0. The van der Waals surface area contributed by atoms with Crippen molar-refractivity contribution in [3.63, 3.8) is 0 Å². The highest BCUT2D eigenvalue weighted by molar-refractivity contribution is 6.04. The quantitative estimate of drug-likeness (QED) is 0.403. The standard InChI is InChI=1S/C25H21FN4O3/c1-32-22-12-10-20(15-23(22)33-2)28-25(31)16-6-8-19(9-7-16)27-24-13-11-21(29-30-24)17-4-3-5-18(26)14-17/h3-15H,1-2H3,(H,27,30)(H,28,31). The van der Waals surface area contributed by atoms with Crippen LogP contribution < -0.4 is 20.1 Å². The molecule has 0 radical (unpaired) electrons. The van der Waals surface area contributed by atoms with Crippen LogP contribution in [0.1, 0.15) is 10.4 Å². The maximum atomic E-state index is 13.4. The van der Waals surface area contributed by atoms with Crippen LogP contribution in [0.2, 0.25) is 0 Å². The summed E-state index contributed by atoms with van der Waals surface area (Å²) in [5, 5.41) is 14.2. The first-order chi connectivity index (χ1) is 16.1. The Morgan fingerprint density at radius 1 is 0.818 bits per heavy atom. The fourth-order valence-electron chi connectivity index (χ4n) is 3.17. The first-order valence-corrected chi connectivity index (χ1v) is 10.1. The lowest BCUT2D eigenvalue weighted by atomic mass is 10.1. The first-order valence-electron chi connectivity index (χ1n) is 10.1. The molecular weight excluding hydrogens is 423 g/mol. The fourth-order valence-corrected chi connectivity index (χ4v) is 3.17. The Morgan fingerprint density at radius 2 is 1.58 bits per heavy atom. The van der Waals surface area contributed by atoms with Crippen LogP contribution in [0, 0.1) is 5.82 Å². The minimum atomic E-state index is -0.327. The third-order valence-corrected chi connectivity index (χ3v) is 4.85. The van der Waals surface area contributed by atoms with Gasteiger partial charge in [0.25, 0.3) is 5.91 Å². The minimum Gasteiger partial charge on any atom is -0.493 e. The Balaban J connectivity index is 1.40. The summed E-state index contributed by atoms with van der Waals surface area (Å²) in [6, 6.07) is 21.8. The van der Waals surface area contributed by atoms with Crippen molar-refractivity contribution in [1.29, 1.82) is 0 Å². The number of amides is 1. The number of anilines is 3. The molecule has 8 heteroatoms. The number of carbonyl (C=O) groups excluding carboxylic acids is 1. The third-order valence-electron chi connectivity index (χ3n) is 4.85. The summed E-state index contributed by atoms with van der Waals surface area (Å²) in [4.78, 5) is 12.6. The second-order valence-electron chi connectivity index (χ2n) is 7.04. The maximum absolute atomic E-state index is 13.4. The van der Waals surface area contributed by atoms with Crippen LogP contribution in [-0.2, 0) is 0 Å². The molecule has 0 saturated heterocycles. The van der Waals surface area contributed by atoms with Gasteiger partial charge < -0.3 is 20.1 Å². The number of carbonyl (C=O) groups is 1. The molecule has 0 spiro atoms. The number of halogens is 1. The van der Waals surface area contributed by atoms with Gasteiger partial charge in [-0.15, -0.1) is 10.2 Å². The molecule has 4 aromatic rings. The lowest BCUT2D eigenvalue weighted by Gasteiger charge is -2.11. The first kappa shape index (κ1) is 21.8. The molecule has 4 rings (SSSR count).